The molecule has 0 saturated carbocycles. The molecule has 0 aliphatic carbocycles. The molecule has 1 heterocycles. The average molecular weight is 473 g/mol. The number of benzene rings is 5. The van der Waals surface area contributed by atoms with E-state index < -0.39 is 0 Å². The second-order valence-corrected chi connectivity index (χ2v) is 9.21. The van der Waals surface area contributed by atoms with Gasteiger partial charge in [-0.15, -0.1) is 0 Å². The van der Waals surface area contributed by atoms with Gasteiger partial charge in [0, 0.05) is 16.3 Å². The number of anilines is 1. The van der Waals surface area contributed by atoms with E-state index in [1.54, 1.807) is 29.2 Å². The van der Waals surface area contributed by atoms with Crippen LogP contribution in [-0.2, 0) is 4.79 Å². The highest BCUT2D eigenvalue weighted by atomic mass is 32.2. The minimum absolute atomic E-state index is 0.129. The van der Waals surface area contributed by atoms with Gasteiger partial charge in [-0.1, -0.05) is 91.0 Å². The van der Waals surface area contributed by atoms with E-state index in [1.165, 1.54) is 11.8 Å². The molecular formula is C30H20N2O2S. The van der Waals surface area contributed by atoms with Crippen molar-refractivity contribution in [3.63, 3.8) is 0 Å². The molecule has 5 aromatic rings. The highest BCUT2D eigenvalue weighted by Gasteiger charge is 2.35. The largest absolute Gasteiger partial charge is 0.507 e. The van der Waals surface area contributed by atoms with Crippen molar-refractivity contribution in [3.8, 4) is 5.75 Å². The number of aromatic hydroxyl groups is 1. The van der Waals surface area contributed by atoms with Crippen LogP contribution >= 0.6 is 11.8 Å². The molecule has 1 N–H and O–H groups in total. The number of rotatable bonds is 3. The van der Waals surface area contributed by atoms with Crippen molar-refractivity contribution in [2.45, 2.75) is 0 Å². The predicted molar refractivity (Wildman–Crippen MR) is 146 cm³/mol. The Labute approximate surface area is 206 Å². The molecule has 168 valence electrons. The summed E-state index contributed by atoms with van der Waals surface area (Å²) in [6.07, 6.45) is 1.73. The summed E-state index contributed by atoms with van der Waals surface area (Å²) in [5, 5.41) is 15.0. The van der Waals surface area contributed by atoms with Gasteiger partial charge in [0.15, 0.2) is 5.17 Å². The maximum atomic E-state index is 13.8. The summed E-state index contributed by atoms with van der Waals surface area (Å²) in [6, 6.07) is 35.0. The summed E-state index contributed by atoms with van der Waals surface area (Å²) < 4.78 is 0. The second-order valence-electron chi connectivity index (χ2n) is 8.20. The molecule has 1 amide bonds. The Bertz CT molecular complexity index is 1660. The van der Waals surface area contributed by atoms with Crippen LogP contribution in [0.25, 0.3) is 27.6 Å². The Morgan fingerprint density at radius 3 is 2.14 bits per heavy atom. The first-order chi connectivity index (χ1) is 17.2. The molecule has 6 rings (SSSR count). The Hall–Kier alpha value is -4.35. The molecule has 35 heavy (non-hydrogen) atoms. The highest BCUT2D eigenvalue weighted by Crippen LogP contribution is 2.41. The van der Waals surface area contributed by atoms with Gasteiger partial charge in [-0.05, 0) is 46.8 Å². The van der Waals surface area contributed by atoms with E-state index in [-0.39, 0.29) is 11.7 Å². The van der Waals surface area contributed by atoms with Crippen molar-refractivity contribution < 1.29 is 9.90 Å². The minimum Gasteiger partial charge on any atom is -0.507 e. The van der Waals surface area contributed by atoms with Crippen molar-refractivity contribution in [2.75, 3.05) is 4.90 Å². The van der Waals surface area contributed by atoms with E-state index in [2.05, 4.69) is 12.1 Å². The summed E-state index contributed by atoms with van der Waals surface area (Å²) >= 11 is 1.31. The van der Waals surface area contributed by atoms with E-state index in [0.29, 0.717) is 15.6 Å². The minimum atomic E-state index is -0.173. The molecule has 0 bridgehead atoms. The van der Waals surface area contributed by atoms with Gasteiger partial charge in [0.1, 0.15) is 5.75 Å². The zero-order valence-corrected chi connectivity index (χ0v) is 19.4. The van der Waals surface area contributed by atoms with E-state index in [0.717, 1.165) is 32.9 Å². The fourth-order valence-electron chi connectivity index (χ4n) is 4.32. The number of nitrogens with zero attached hydrogens (tertiary/aromatic N) is 2. The van der Waals surface area contributed by atoms with Gasteiger partial charge in [-0.2, -0.15) is 0 Å². The summed E-state index contributed by atoms with van der Waals surface area (Å²) in [4.78, 5) is 21.0. The molecule has 1 fully saturated rings. The van der Waals surface area contributed by atoms with Crippen LogP contribution in [0.5, 0.6) is 5.75 Å². The highest BCUT2D eigenvalue weighted by molar-refractivity contribution is 8.19. The van der Waals surface area contributed by atoms with Crippen molar-refractivity contribution in [3.05, 3.63) is 120 Å². The lowest BCUT2D eigenvalue weighted by Gasteiger charge is -2.18. The quantitative estimate of drug-likeness (QED) is 0.277. The monoisotopic (exact) mass is 472 g/mol. The second kappa shape index (κ2) is 8.78. The lowest BCUT2D eigenvalue weighted by molar-refractivity contribution is -0.113. The molecule has 0 aromatic heterocycles. The topological polar surface area (TPSA) is 52.9 Å². The molecule has 5 heteroatoms. The van der Waals surface area contributed by atoms with Gasteiger partial charge in [-0.3, -0.25) is 9.69 Å². The maximum Gasteiger partial charge on any atom is 0.271 e. The molecular weight excluding hydrogens is 452 g/mol. The molecule has 0 spiro atoms. The first-order valence-corrected chi connectivity index (χ1v) is 12.1. The van der Waals surface area contributed by atoms with Gasteiger partial charge < -0.3 is 5.11 Å². The van der Waals surface area contributed by atoms with Crippen molar-refractivity contribution in [2.24, 2.45) is 4.99 Å². The number of hydrogen-bond donors (Lipinski definition) is 1. The SMILES string of the molecule is O=C1C(=Cc2ccccc2O)SC(=Nc2cccc3ccccc23)N1c1cccc2ccccc12. The number of phenols is 1. The van der Waals surface area contributed by atoms with Gasteiger partial charge in [0.05, 0.1) is 16.3 Å². The number of para-hydroxylation sites is 1. The third-order valence-corrected chi connectivity index (χ3v) is 6.99. The van der Waals surface area contributed by atoms with E-state index in [1.807, 2.05) is 78.9 Å². The lowest BCUT2D eigenvalue weighted by atomic mass is 10.1. The van der Waals surface area contributed by atoms with Crippen LogP contribution in [0.2, 0.25) is 0 Å². The maximum absolute atomic E-state index is 13.8. The van der Waals surface area contributed by atoms with Crippen LogP contribution in [0, 0.1) is 0 Å². The van der Waals surface area contributed by atoms with Gasteiger partial charge in [0.2, 0.25) is 0 Å². The molecule has 0 unspecified atom stereocenters. The number of aliphatic imine (C=N–C) groups is 1. The number of carbonyl (C=O) groups is 1. The average Bonchev–Trinajstić information content (AvgIpc) is 3.19. The number of hydrogen-bond acceptors (Lipinski definition) is 4. The number of thioether (sulfide) groups is 1. The summed E-state index contributed by atoms with van der Waals surface area (Å²) in [7, 11) is 0. The molecule has 4 nitrogen and oxygen atoms in total. The van der Waals surface area contributed by atoms with Crippen molar-refractivity contribution >= 4 is 61.8 Å². The first kappa shape index (κ1) is 21.2. The fraction of sp³-hybridized carbons (Fsp3) is 0. The molecule has 0 atom stereocenters. The smallest absolute Gasteiger partial charge is 0.271 e. The normalized spacial score (nSPS) is 16.1. The van der Waals surface area contributed by atoms with Crippen LogP contribution in [-0.4, -0.2) is 16.2 Å². The van der Waals surface area contributed by atoms with Crippen LogP contribution in [0.1, 0.15) is 5.56 Å². The number of phenolic OH excluding ortho intramolecular Hbond substituents is 1. The Morgan fingerprint density at radius 2 is 1.34 bits per heavy atom. The van der Waals surface area contributed by atoms with Crippen molar-refractivity contribution in [1.29, 1.82) is 0 Å². The number of fused-ring (bicyclic) bond motifs is 2. The number of amidine groups is 1. The molecule has 1 aliphatic heterocycles. The van der Waals surface area contributed by atoms with Gasteiger partial charge in [-0.25, -0.2) is 4.99 Å². The van der Waals surface area contributed by atoms with Crippen LogP contribution < -0.4 is 4.90 Å². The van der Waals surface area contributed by atoms with E-state index in [4.69, 9.17) is 4.99 Å². The molecule has 1 aliphatic rings. The van der Waals surface area contributed by atoms with Crippen LogP contribution in [0.4, 0.5) is 11.4 Å². The summed E-state index contributed by atoms with van der Waals surface area (Å²) in [5.41, 5.74) is 2.17. The summed E-state index contributed by atoms with van der Waals surface area (Å²) in [6.45, 7) is 0. The van der Waals surface area contributed by atoms with Gasteiger partial charge in [0.25, 0.3) is 5.91 Å². The molecule has 5 aromatic carbocycles. The van der Waals surface area contributed by atoms with Crippen LogP contribution in [0.3, 0.4) is 0 Å². The Kier molecular flexibility index (Phi) is 5.32. The third-order valence-electron chi connectivity index (χ3n) is 6.02. The zero-order valence-electron chi connectivity index (χ0n) is 18.6. The van der Waals surface area contributed by atoms with E-state index >= 15 is 0 Å². The fourth-order valence-corrected chi connectivity index (χ4v) is 5.30. The Morgan fingerprint density at radius 1 is 0.714 bits per heavy atom. The first-order valence-electron chi connectivity index (χ1n) is 11.3. The predicted octanol–water partition coefficient (Wildman–Crippen LogP) is 7.51. The van der Waals surface area contributed by atoms with Crippen molar-refractivity contribution in [1.82, 2.24) is 0 Å². The standard InChI is InChI=1S/C30H20N2O2S/c33-27-18-6-3-11-22(27)19-28-29(34)32(26-17-8-13-21-10-2-5-15-24(21)26)30(35-28)31-25-16-7-12-20-9-1-4-14-23(20)25/h1-19,33H. The lowest BCUT2D eigenvalue weighted by Crippen LogP contribution is -2.28. The zero-order chi connectivity index (χ0) is 23.8. The van der Waals surface area contributed by atoms with Gasteiger partial charge >= 0.3 is 0 Å². The number of amides is 1. The van der Waals surface area contributed by atoms with E-state index in [9.17, 15) is 9.90 Å². The summed E-state index contributed by atoms with van der Waals surface area (Å²) in [5.74, 6) is -0.0434. The van der Waals surface area contributed by atoms with Crippen LogP contribution in [0.15, 0.2) is 119 Å². The third kappa shape index (κ3) is 3.86. The molecule has 1 saturated heterocycles. The molecule has 0 radical (unpaired) electrons. The number of carbonyl (C=O) groups excluding carboxylic acids is 1. The Balaban J connectivity index is 1.55.